The maximum Gasteiger partial charge on any atom is 0.300 e. The van der Waals surface area contributed by atoms with Crippen LogP contribution in [0.25, 0.3) is 5.57 Å². The molecule has 0 radical (unpaired) electrons. The predicted octanol–water partition coefficient (Wildman–Crippen LogP) is 0.442. The van der Waals surface area contributed by atoms with Gasteiger partial charge < -0.3 is 9.80 Å². The number of nitrogens with one attached hydrogen (secondary N) is 1. The van der Waals surface area contributed by atoms with Gasteiger partial charge in [0.05, 0.1) is 0 Å². The van der Waals surface area contributed by atoms with E-state index in [9.17, 15) is 9.59 Å². The molecule has 3 aliphatic rings. The first-order chi connectivity index (χ1) is 12.0. The van der Waals surface area contributed by atoms with Crippen LogP contribution in [0.1, 0.15) is 28.8 Å². The quantitative estimate of drug-likeness (QED) is 0.868. The van der Waals surface area contributed by atoms with Crippen LogP contribution in [0.2, 0.25) is 0 Å². The summed E-state index contributed by atoms with van der Waals surface area (Å²) in [4.78, 5) is 31.6. The summed E-state index contributed by atoms with van der Waals surface area (Å²) >= 11 is 0. The van der Waals surface area contributed by atoms with Gasteiger partial charge in [0, 0.05) is 49.6 Å². The maximum absolute atomic E-state index is 12.7. The molecule has 1 aromatic carbocycles. The van der Waals surface area contributed by atoms with Gasteiger partial charge in [0.2, 0.25) is 0 Å². The van der Waals surface area contributed by atoms with E-state index in [0.29, 0.717) is 11.5 Å². The molecule has 0 bridgehead atoms. The van der Waals surface area contributed by atoms with Crippen molar-refractivity contribution in [3.63, 3.8) is 0 Å². The Kier molecular flexibility index (Phi) is 3.79. The zero-order chi connectivity index (χ0) is 17.6. The fourth-order valence-corrected chi connectivity index (χ4v) is 3.37. The lowest BCUT2D eigenvalue weighted by molar-refractivity contribution is -0.467. The Morgan fingerprint density at radius 1 is 1.32 bits per heavy atom. The molecule has 1 fully saturated rings. The third kappa shape index (κ3) is 2.90. The molecule has 4 rings (SSSR count). The SMILES string of the molecule is CN(C)C(=O)c1cccc(C2=CN(CC3CC3)C(=O)C3[NH+]=CC=C23)c1. The molecule has 25 heavy (non-hydrogen) atoms. The van der Waals surface area contributed by atoms with Crippen LogP contribution in [0.5, 0.6) is 0 Å². The topological polar surface area (TPSA) is 54.6 Å². The zero-order valence-corrected chi connectivity index (χ0v) is 14.5. The Balaban J connectivity index is 1.73. The number of fused-ring (bicyclic) bond motifs is 1. The van der Waals surface area contributed by atoms with Crippen LogP contribution in [-0.2, 0) is 4.79 Å². The molecule has 1 saturated carbocycles. The average molecular weight is 336 g/mol. The summed E-state index contributed by atoms with van der Waals surface area (Å²) in [7, 11) is 3.50. The van der Waals surface area contributed by atoms with E-state index in [1.165, 1.54) is 12.8 Å². The van der Waals surface area contributed by atoms with Crippen LogP contribution < -0.4 is 4.99 Å². The molecule has 2 heterocycles. The van der Waals surface area contributed by atoms with E-state index in [1.807, 2.05) is 47.7 Å². The van der Waals surface area contributed by atoms with Gasteiger partial charge >= 0.3 is 0 Å². The maximum atomic E-state index is 12.7. The highest BCUT2D eigenvalue weighted by molar-refractivity contribution is 6.02. The van der Waals surface area contributed by atoms with E-state index in [2.05, 4.69) is 4.99 Å². The number of carbonyl (C=O) groups excluding carboxylic acids is 2. The lowest BCUT2D eigenvalue weighted by atomic mass is 9.90. The first-order valence-corrected chi connectivity index (χ1v) is 8.69. The molecule has 1 N–H and O–H groups in total. The minimum absolute atomic E-state index is 0.0224. The molecular weight excluding hydrogens is 314 g/mol. The van der Waals surface area contributed by atoms with Crippen molar-refractivity contribution >= 4 is 23.6 Å². The normalized spacial score (nSPS) is 21.8. The van der Waals surface area contributed by atoms with Gasteiger partial charge in [0.15, 0.2) is 6.21 Å². The minimum atomic E-state index is -0.313. The fourth-order valence-electron chi connectivity index (χ4n) is 3.37. The molecule has 0 spiro atoms. The standard InChI is InChI=1S/C20H21N3O2/c1-22(2)19(24)15-5-3-4-14(10-15)17-12-23(11-13-6-7-13)20(25)18-16(17)8-9-21-18/h3-5,8-10,12-13,18H,6-7,11H2,1-2H3/p+1. The number of rotatable bonds is 4. The molecule has 1 aromatic rings. The highest BCUT2D eigenvalue weighted by atomic mass is 16.2. The van der Waals surface area contributed by atoms with Gasteiger partial charge in [0.1, 0.15) is 0 Å². The number of allylic oxidation sites excluding steroid dienone is 1. The molecule has 1 atom stereocenters. The molecular formula is C20H22N3O2+. The van der Waals surface area contributed by atoms with Crippen molar-refractivity contribution in [3.8, 4) is 0 Å². The number of carbonyl (C=O) groups is 2. The van der Waals surface area contributed by atoms with Gasteiger partial charge in [-0.15, -0.1) is 0 Å². The third-order valence-corrected chi connectivity index (χ3v) is 4.94. The minimum Gasteiger partial charge on any atom is -0.345 e. The number of amides is 2. The van der Waals surface area contributed by atoms with Gasteiger partial charge in [-0.05, 0) is 36.5 Å². The third-order valence-electron chi connectivity index (χ3n) is 4.94. The average Bonchev–Trinajstić information content (AvgIpc) is 3.29. The van der Waals surface area contributed by atoms with E-state index in [0.717, 1.165) is 23.3 Å². The highest BCUT2D eigenvalue weighted by Gasteiger charge is 2.41. The van der Waals surface area contributed by atoms with Crippen LogP contribution in [0.4, 0.5) is 0 Å². The summed E-state index contributed by atoms with van der Waals surface area (Å²) in [5, 5.41) is 0. The Morgan fingerprint density at radius 2 is 2.12 bits per heavy atom. The summed E-state index contributed by atoms with van der Waals surface area (Å²) in [5.41, 5.74) is 3.61. The summed E-state index contributed by atoms with van der Waals surface area (Å²) in [6.07, 6.45) is 8.16. The smallest absolute Gasteiger partial charge is 0.300 e. The van der Waals surface area contributed by atoms with E-state index >= 15 is 0 Å². The van der Waals surface area contributed by atoms with Crippen molar-refractivity contribution in [1.29, 1.82) is 0 Å². The second-order valence-electron chi connectivity index (χ2n) is 7.15. The van der Waals surface area contributed by atoms with Crippen LogP contribution in [0.3, 0.4) is 0 Å². The highest BCUT2D eigenvalue weighted by Crippen LogP contribution is 2.35. The van der Waals surface area contributed by atoms with Gasteiger partial charge in [0.25, 0.3) is 17.9 Å². The number of benzene rings is 1. The monoisotopic (exact) mass is 336 g/mol. The van der Waals surface area contributed by atoms with Gasteiger partial charge in [-0.3, -0.25) is 9.59 Å². The summed E-state index contributed by atoms with van der Waals surface area (Å²) in [5.74, 6) is 0.709. The van der Waals surface area contributed by atoms with Crippen molar-refractivity contribution in [2.45, 2.75) is 18.9 Å². The lowest BCUT2D eigenvalue weighted by Gasteiger charge is -2.27. The second-order valence-corrected chi connectivity index (χ2v) is 7.15. The lowest BCUT2D eigenvalue weighted by Crippen LogP contribution is -2.79. The largest absolute Gasteiger partial charge is 0.345 e. The van der Waals surface area contributed by atoms with Crippen LogP contribution in [0.15, 0.2) is 42.1 Å². The predicted molar refractivity (Wildman–Crippen MR) is 95.8 cm³/mol. The van der Waals surface area contributed by atoms with Crippen molar-refractivity contribution in [1.82, 2.24) is 9.80 Å². The number of hydrogen-bond donors (Lipinski definition) is 1. The molecule has 0 aromatic heterocycles. The molecule has 5 heteroatoms. The Labute approximate surface area is 147 Å². The molecule has 128 valence electrons. The van der Waals surface area contributed by atoms with Crippen LogP contribution >= 0.6 is 0 Å². The van der Waals surface area contributed by atoms with Crippen LogP contribution in [0, 0.1) is 5.92 Å². The van der Waals surface area contributed by atoms with E-state index in [-0.39, 0.29) is 17.9 Å². The first kappa shape index (κ1) is 15.8. The van der Waals surface area contributed by atoms with E-state index in [4.69, 9.17) is 0 Å². The van der Waals surface area contributed by atoms with Gasteiger partial charge in [-0.2, -0.15) is 0 Å². The van der Waals surface area contributed by atoms with Crippen LogP contribution in [-0.4, -0.2) is 54.5 Å². The zero-order valence-electron chi connectivity index (χ0n) is 14.5. The van der Waals surface area contributed by atoms with E-state index < -0.39 is 0 Å². The molecule has 2 amide bonds. The van der Waals surface area contributed by atoms with Gasteiger partial charge in [-0.1, -0.05) is 12.1 Å². The summed E-state index contributed by atoms with van der Waals surface area (Å²) in [6.45, 7) is 0.782. The van der Waals surface area contributed by atoms with Crippen molar-refractivity contribution < 1.29 is 14.6 Å². The number of hydrogen-bond acceptors (Lipinski definition) is 2. The van der Waals surface area contributed by atoms with Crippen molar-refractivity contribution in [2.24, 2.45) is 5.92 Å². The Hall–Kier alpha value is -2.69. The fraction of sp³-hybridized carbons (Fsp3) is 0.350. The van der Waals surface area contributed by atoms with Crippen molar-refractivity contribution in [3.05, 3.63) is 53.2 Å². The first-order valence-electron chi connectivity index (χ1n) is 8.69. The second kappa shape index (κ2) is 5.99. The van der Waals surface area contributed by atoms with E-state index in [1.54, 1.807) is 19.0 Å². The molecule has 2 aliphatic heterocycles. The molecule has 0 saturated heterocycles. The molecule has 1 unspecified atom stereocenters. The van der Waals surface area contributed by atoms with Gasteiger partial charge in [-0.25, -0.2) is 4.99 Å². The number of nitrogens with zero attached hydrogens (tertiary/aromatic N) is 2. The summed E-state index contributed by atoms with van der Waals surface area (Å²) in [6, 6.07) is 7.32. The summed E-state index contributed by atoms with van der Waals surface area (Å²) < 4.78 is 0. The Morgan fingerprint density at radius 3 is 2.84 bits per heavy atom. The molecule has 5 nitrogen and oxygen atoms in total. The molecule has 1 aliphatic carbocycles. The van der Waals surface area contributed by atoms with Crippen molar-refractivity contribution in [2.75, 3.05) is 20.6 Å². The Bertz CT molecular complexity index is 831.